The monoisotopic (exact) mass is 371 g/mol. The van der Waals surface area contributed by atoms with Crippen molar-refractivity contribution in [3.05, 3.63) is 61.2 Å². The van der Waals surface area contributed by atoms with E-state index in [2.05, 4.69) is 22.1 Å². The second-order valence-electron chi connectivity index (χ2n) is 5.62. The summed E-state index contributed by atoms with van der Waals surface area (Å²) < 4.78 is 10.6. The van der Waals surface area contributed by atoms with Crippen molar-refractivity contribution >= 4 is 28.7 Å². The Bertz CT molecular complexity index is 702. The van der Waals surface area contributed by atoms with Crippen LogP contribution in [0.2, 0.25) is 0 Å². The lowest BCUT2D eigenvalue weighted by atomic mass is 10.3. The van der Waals surface area contributed by atoms with Crippen LogP contribution in [0.15, 0.2) is 61.2 Å². The highest BCUT2D eigenvalue weighted by atomic mass is 32.1. The van der Waals surface area contributed by atoms with Crippen LogP contribution in [-0.4, -0.2) is 39.0 Å². The van der Waals surface area contributed by atoms with Crippen molar-refractivity contribution < 1.29 is 9.47 Å². The Balaban J connectivity index is 1.73. The van der Waals surface area contributed by atoms with Crippen LogP contribution in [0.5, 0.6) is 11.5 Å². The van der Waals surface area contributed by atoms with Crippen LogP contribution in [0.4, 0.5) is 11.4 Å². The number of nitrogens with one attached hydrogen (secondary N) is 2. The van der Waals surface area contributed by atoms with Gasteiger partial charge >= 0.3 is 0 Å². The molecule has 0 aliphatic heterocycles. The van der Waals surface area contributed by atoms with Crippen molar-refractivity contribution in [1.82, 2.24) is 5.32 Å². The van der Waals surface area contributed by atoms with E-state index in [1.165, 1.54) is 0 Å². The molecule has 0 amide bonds. The van der Waals surface area contributed by atoms with Gasteiger partial charge in [-0.05, 0) is 60.7 Å². The minimum Gasteiger partial charge on any atom is -0.497 e. The van der Waals surface area contributed by atoms with Crippen LogP contribution >= 0.6 is 12.2 Å². The molecule has 0 bridgehead atoms. The number of likely N-dealkylation sites (N-methyl/N-ethyl adjacent to an activating group) is 1. The van der Waals surface area contributed by atoms with Crippen molar-refractivity contribution in [2.24, 2.45) is 0 Å². The Labute approximate surface area is 160 Å². The van der Waals surface area contributed by atoms with Crippen molar-refractivity contribution in [2.45, 2.75) is 0 Å². The van der Waals surface area contributed by atoms with E-state index in [0.717, 1.165) is 36.0 Å². The smallest absolute Gasteiger partial charge is 0.170 e. The maximum absolute atomic E-state index is 5.46. The Morgan fingerprint density at radius 3 is 2.38 bits per heavy atom. The number of thiocarbonyl (C=S) groups is 1. The number of methoxy groups -OCH3 is 1. The molecule has 138 valence electrons. The van der Waals surface area contributed by atoms with Crippen LogP contribution in [0, 0.1) is 0 Å². The number of hydrogen-bond acceptors (Lipinski definition) is 4. The summed E-state index contributed by atoms with van der Waals surface area (Å²) in [5, 5.41) is 6.97. The first-order chi connectivity index (χ1) is 12.6. The average Bonchev–Trinajstić information content (AvgIpc) is 2.67. The third-order valence-corrected chi connectivity index (χ3v) is 3.97. The molecule has 26 heavy (non-hydrogen) atoms. The quantitative estimate of drug-likeness (QED) is 0.518. The molecule has 0 unspecified atom stereocenters. The van der Waals surface area contributed by atoms with E-state index >= 15 is 0 Å². The van der Waals surface area contributed by atoms with Gasteiger partial charge in [0.15, 0.2) is 5.11 Å². The first kappa shape index (κ1) is 19.6. The normalized spacial score (nSPS) is 9.92. The molecule has 0 spiro atoms. The van der Waals surface area contributed by atoms with Gasteiger partial charge in [-0.25, -0.2) is 0 Å². The summed E-state index contributed by atoms with van der Waals surface area (Å²) in [5.41, 5.74) is 2.04. The fourth-order valence-electron chi connectivity index (χ4n) is 2.27. The zero-order valence-electron chi connectivity index (χ0n) is 15.2. The second-order valence-corrected chi connectivity index (χ2v) is 6.03. The van der Waals surface area contributed by atoms with Gasteiger partial charge in [0.25, 0.3) is 0 Å². The summed E-state index contributed by atoms with van der Waals surface area (Å²) in [7, 11) is 3.71. The number of nitrogens with zero attached hydrogens (tertiary/aromatic N) is 1. The van der Waals surface area contributed by atoms with Crippen LogP contribution in [0.3, 0.4) is 0 Å². The summed E-state index contributed by atoms with van der Waals surface area (Å²) in [6.07, 6.45) is 1.72. The fraction of sp³-hybridized carbons (Fsp3) is 0.250. The minimum atomic E-state index is 0.495. The van der Waals surface area contributed by atoms with Crippen LogP contribution in [0.25, 0.3) is 0 Å². The minimum absolute atomic E-state index is 0.495. The molecule has 0 aromatic heterocycles. The van der Waals surface area contributed by atoms with E-state index in [4.69, 9.17) is 21.7 Å². The van der Waals surface area contributed by atoms with Crippen LogP contribution in [0.1, 0.15) is 0 Å². The lowest BCUT2D eigenvalue weighted by Crippen LogP contribution is -2.35. The topological polar surface area (TPSA) is 45.8 Å². The molecule has 0 heterocycles. The number of ether oxygens (including phenoxy) is 2. The molecule has 2 aromatic carbocycles. The third kappa shape index (κ3) is 6.29. The van der Waals surface area contributed by atoms with E-state index < -0.39 is 0 Å². The standard InChI is InChI=1S/C20H25N3O2S/c1-4-15-25-19-9-5-16(6-10-19)22-20(26)21-13-14-23(2)17-7-11-18(24-3)12-8-17/h4-12H,1,13-15H2,2-3H3,(H2,21,22,26). The highest BCUT2D eigenvalue weighted by molar-refractivity contribution is 7.80. The number of benzene rings is 2. The van der Waals surface area contributed by atoms with Gasteiger partial charge in [-0.2, -0.15) is 0 Å². The second kappa shape index (κ2) is 10.3. The van der Waals surface area contributed by atoms with E-state index in [1.54, 1.807) is 13.2 Å². The molecule has 0 fully saturated rings. The predicted molar refractivity (Wildman–Crippen MR) is 113 cm³/mol. The first-order valence-corrected chi connectivity index (χ1v) is 8.77. The highest BCUT2D eigenvalue weighted by Gasteiger charge is 2.03. The van der Waals surface area contributed by atoms with E-state index in [-0.39, 0.29) is 0 Å². The number of rotatable bonds is 9. The molecule has 2 rings (SSSR count). The van der Waals surface area contributed by atoms with Crippen molar-refractivity contribution in [3.8, 4) is 11.5 Å². The largest absolute Gasteiger partial charge is 0.497 e. The molecular weight excluding hydrogens is 346 g/mol. The zero-order chi connectivity index (χ0) is 18.8. The van der Waals surface area contributed by atoms with E-state index in [1.807, 2.05) is 55.6 Å². The molecule has 0 atom stereocenters. The van der Waals surface area contributed by atoms with Crippen LogP contribution in [-0.2, 0) is 0 Å². The molecule has 0 aliphatic rings. The molecule has 2 N–H and O–H groups in total. The van der Waals surface area contributed by atoms with E-state index in [9.17, 15) is 0 Å². The van der Waals surface area contributed by atoms with Crippen molar-refractivity contribution in [2.75, 3.05) is 44.1 Å². The third-order valence-electron chi connectivity index (χ3n) is 3.73. The Hall–Kier alpha value is -2.73. The number of hydrogen-bond donors (Lipinski definition) is 2. The molecule has 0 saturated heterocycles. The molecule has 0 aliphatic carbocycles. The zero-order valence-corrected chi connectivity index (χ0v) is 16.0. The molecular formula is C20H25N3O2S. The summed E-state index contributed by atoms with van der Waals surface area (Å²) in [4.78, 5) is 2.15. The van der Waals surface area contributed by atoms with Gasteiger partial charge in [0.05, 0.1) is 7.11 Å². The van der Waals surface area contributed by atoms with Gasteiger partial charge in [-0.3, -0.25) is 0 Å². The Morgan fingerprint density at radius 2 is 1.77 bits per heavy atom. The van der Waals surface area contributed by atoms with Gasteiger partial charge < -0.3 is 25.0 Å². The highest BCUT2D eigenvalue weighted by Crippen LogP contribution is 2.18. The maximum atomic E-state index is 5.46. The molecule has 0 saturated carbocycles. The summed E-state index contributed by atoms with van der Waals surface area (Å²) in [5.74, 6) is 1.65. The predicted octanol–water partition coefficient (Wildman–Crippen LogP) is 3.68. The van der Waals surface area contributed by atoms with Gasteiger partial charge in [0.2, 0.25) is 0 Å². The van der Waals surface area contributed by atoms with Gasteiger partial charge in [-0.1, -0.05) is 12.7 Å². The average molecular weight is 372 g/mol. The van der Waals surface area contributed by atoms with Crippen LogP contribution < -0.4 is 25.0 Å². The lowest BCUT2D eigenvalue weighted by Gasteiger charge is -2.20. The lowest BCUT2D eigenvalue weighted by molar-refractivity contribution is 0.363. The molecule has 2 aromatic rings. The van der Waals surface area contributed by atoms with E-state index in [0.29, 0.717) is 11.7 Å². The fourth-order valence-corrected chi connectivity index (χ4v) is 2.49. The van der Waals surface area contributed by atoms with Crippen molar-refractivity contribution in [3.63, 3.8) is 0 Å². The van der Waals surface area contributed by atoms with Gasteiger partial charge in [-0.15, -0.1) is 0 Å². The summed E-state index contributed by atoms with van der Waals surface area (Å²) in [6.45, 7) is 5.68. The van der Waals surface area contributed by atoms with Gasteiger partial charge in [0.1, 0.15) is 18.1 Å². The van der Waals surface area contributed by atoms with Gasteiger partial charge in [0, 0.05) is 31.5 Å². The Kier molecular flexibility index (Phi) is 7.76. The molecule has 0 radical (unpaired) electrons. The number of anilines is 2. The van der Waals surface area contributed by atoms with Crippen molar-refractivity contribution in [1.29, 1.82) is 0 Å². The molecule has 6 heteroatoms. The molecule has 5 nitrogen and oxygen atoms in total. The Morgan fingerprint density at radius 1 is 1.12 bits per heavy atom. The maximum Gasteiger partial charge on any atom is 0.170 e. The summed E-state index contributed by atoms with van der Waals surface area (Å²) in [6, 6.07) is 15.6. The first-order valence-electron chi connectivity index (χ1n) is 8.36. The SMILES string of the molecule is C=CCOc1ccc(NC(=S)NCCN(C)c2ccc(OC)cc2)cc1. The summed E-state index contributed by atoms with van der Waals surface area (Å²) >= 11 is 5.34.